The number of amides is 1. The highest BCUT2D eigenvalue weighted by atomic mass is 16.5. The lowest BCUT2D eigenvalue weighted by molar-refractivity contribution is -0.117. The Balaban J connectivity index is 2.11. The summed E-state index contributed by atoms with van der Waals surface area (Å²) in [5, 5.41) is 12.8. The molecule has 0 aromatic heterocycles. The number of hydrogen-bond acceptors (Lipinski definition) is 4. The van der Waals surface area contributed by atoms with E-state index in [-0.39, 0.29) is 18.1 Å². The Morgan fingerprint density at radius 2 is 2.05 bits per heavy atom. The van der Waals surface area contributed by atoms with Crippen LogP contribution in [0.2, 0.25) is 0 Å². The van der Waals surface area contributed by atoms with Gasteiger partial charge in [0.25, 0.3) is 0 Å². The van der Waals surface area contributed by atoms with Crippen molar-refractivity contribution >= 4 is 11.6 Å². The molecule has 0 aliphatic carbocycles. The van der Waals surface area contributed by atoms with E-state index in [2.05, 4.69) is 5.32 Å². The summed E-state index contributed by atoms with van der Waals surface area (Å²) in [6.07, 6.45) is 0.197. The summed E-state index contributed by atoms with van der Waals surface area (Å²) in [4.78, 5) is 11.1. The van der Waals surface area contributed by atoms with E-state index in [4.69, 9.17) is 10.5 Å². The number of rotatable bonds is 6. The van der Waals surface area contributed by atoms with Gasteiger partial charge in [-0.2, -0.15) is 0 Å². The van der Waals surface area contributed by atoms with Crippen molar-refractivity contribution in [3.63, 3.8) is 0 Å². The quantitative estimate of drug-likeness (QED) is 0.758. The third-order valence-corrected chi connectivity index (χ3v) is 3.11. The predicted molar refractivity (Wildman–Crippen MR) is 81.3 cm³/mol. The number of primary amides is 1. The van der Waals surface area contributed by atoms with Crippen molar-refractivity contribution in [1.29, 1.82) is 0 Å². The van der Waals surface area contributed by atoms with Gasteiger partial charge in [-0.15, -0.1) is 0 Å². The summed E-state index contributed by atoms with van der Waals surface area (Å²) >= 11 is 0. The molecule has 0 unspecified atom stereocenters. The third kappa shape index (κ3) is 3.89. The fraction of sp³-hybridized carbons (Fsp3) is 0.188. The molecule has 2 aromatic carbocycles. The topological polar surface area (TPSA) is 84.6 Å². The first kappa shape index (κ1) is 14.7. The Bertz CT molecular complexity index is 641. The lowest BCUT2D eigenvalue weighted by Gasteiger charge is -2.12. The summed E-state index contributed by atoms with van der Waals surface area (Å²) in [5.74, 6) is 0.172. The fourth-order valence-electron chi connectivity index (χ4n) is 2.06. The van der Waals surface area contributed by atoms with E-state index in [1.807, 2.05) is 30.3 Å². The van der Waals surface area contributed by atoms with E-state index in [1.54, 1.807) is 12.1 Å². The van der Waals surface area contributed by atoms with Crippen LogP contribution in [0.1, 0.15) is 11.1 Å². The zero-order valence-electron chi connectivity index (χ0n) is 11.8. The molecule has 0 fully saturated rings. The molecule has 0 aliphatic rings. The van der Waals surface area contributed by atoms with Gasteiger partial charge < -0.3 is 20.9 Å². The Hall–Kier alpha value is -2.69. The van der Waals surface area contributed by atoms with Crippen LogP contribution < -0.4 is 15.8 Å². The summed E-state index contributed by atoms with van der Waals surface area (Å²) in [7, 11) is 1.51. The van der Waals surface area contributed by atoms with Crippen molar-refractivity contribution in [2.75, 3.05) is 12.4 Å². The number of carbonyl (C=O) groups is 1. The minimum Gasteiger partial charge on any atom is -0.504 e. The second kappa shape index (κ2) is 6.65. The molecule has 0 aliphatic heterocycles. The Morgan fingerprint density at radius 3 is 2.76 bits per heavy atom. The first-order chi connectivity index (χ1) is 10.1. The fourth-order valence-corrected chi connectivity index (χ4v) is 2.06. The maximum Gasteiger partial charge on any atom is 0.221 e. The van der Waals surface area contributed by atoms with E-state index in [0.717, 1.165) is 16.8 Å². The minimum atomic E-state index is -0.365. The molecule has 0 bridgehead atoms. The molecule has 4 N–H and O–H groups in total. The maximum atomic E-state index is 11.1. The van der Waals surface area contributed by atoms with Crippen molar-refractivity contribution in [3.8, 4) is 11.5 Å². The molecule has 2 aromatic rings. The second-order valence-electron chi connectivity index (χ2n) is 4.66. The van der Waals surface area contributed by atoms with Crippen LogP contribution in [0.25, 0.3) is 0 Å². The number of benzene rings is 2. The largest absolute Gasteiger partial charge is 0.504 e. The van der Waals surface area contributed by atoms with Gasteiger partial charge in [-0.25, -0.2) is 0 Å². The van der Waals surface area contributed by atoms with Gasteiger partial charge in [0.15, 0.2) is 11.5 Å². The van der Waals surface area contributed by atoms with Gasteiger partial charge in [-0.3, -0.25) is 4.79 Å². The maximum absolute atomic E-state index is 11.1. The number of nitrogens with two attached hydrogens (primary N) is 1. The van der Waals surface area contributed by atoms with Gasteiger partial charge in [0.1, 0.15) is 0 Å². The van der Waals surface area contributed by atoms with Crippen LogP contribution in [0.5, 0.6) is 11.5 Å². The van der Waals surface area contributed by atoms with Crippen molar-refractivity contribution in [3.05, 3.63) is 53.6 Å². The van der Waals surface area contributed by atoms with Gasteiger partial charge in [0.2, 0.25) is 5.91 Å². The molecule has 1 amide bonds. The molecule has 5 nitrogen and oxygen atoms in total. The number of phenolic OH excluding ortho intramolecular Hbond substituents is 1. The number of para-hydroxylation sites is 1. The Labute approximate surface area is 123 Å². The molecule has 2 rings (SSSR count). The zero-order valence-corrected chi connectivity index (χ0v) is 11.8. The standard InChI is InChI=1S/C16H18N2O3/c1-21-15-8-11(6-7-14(15)19)10-18-13-5-3-2-4-12(13)9-16(17)20/h2-8,18-19H,9-10H2,1H3,(H2,17,20). The lowest BCUT2D eigenvalue weighted by atomic mass is 10.1. The molecule has 0 heterocycles. The van der Waals surface area contributed by atoms with Crippen LogP contribution in [-0.2, 0) is 17.8 Å². The average Bonchev–Trinajstić information content (AvgIpc) is 2.47. The summed E-state index contributed by atoms with van der Waals surface area (Å²) in [6, 6.07) is 12.7. The Morgan fingerprint density at radius 1 is 1.29 bits per heavy atom. The number of aromatic hydroxyl groups is 1. The van der Waals surface area contributed by atoms with Crippen LogP contribution in [0, 0.1) is 0 Å². The van der Waals surface area contributed by atoms with E-state index in [1.165, 1.54) is 7.11 Å². The highest BCUT2D eigenvalue weighted by molar-refractivity contribution is 5.78. The summed E-state index contributed by atoms with van der Waals surface area (Å²) in [5.41, 5.74) is 7.92. The van der Waals surface area contributed by atoms with E-state index in [9.17, 15) is 9.90 Å². The number of nitrogens with one attached hydrogen (secondary N) is 1. The molecule has 21 heavy (non-hydrogen) atoms. The first-order valence-electron chi connectivity index (χ1n) is 6.56. The number of ether oxygens (including phenoxy) is 1. The van der Waals surface area contributed by atoms with Gasteiger partial charge in [-0.05, 0) is 29.3 Å². The lowest BCUT2D eigenvalue weighted by Crippen LogP contribution is -2.15. The number of anilines is 1. The van der Waals surface area contributed by atoms with Crippen LogP contribution in [0.15, 0.2) is 42.5 Å². The highest BCUT2D eigenvalue weighted by Gasteiger charge is 2.06. The molecule has 0 saturated heterocycles. The van der Waals surface area contributed by atoms with Crippen molar-refractivity contribution in [2.45, 2.75) is 13.0 Å². The molecular formula is C16H18N2O3. The molecule has 0 saturated carbocycles. The van der Waals surface area contributed by atoms with Crippen molar-refractivity contribution in [2.24, 2.45) is 5.73 Å². The predicted octanol–water partition coefficient (Wildman–Crippen LogP) is 2.04. The number of phenols is 1. The van der Waals surface area contributed by atoms with Gasteiger partial charge in [0, 0.05) is 12.2 Å². The minimum absolute atomic E-state index is 0.107. The molecule has 0 spiro atoms. The van der Waals surface area contributed by atoms with E-state index < -0.39 is 0 Å². The van der Waals surface area contributed by atoms with E-state index >= 15 is 0 Å². The van der Waals surface area contributed by atoms with Gasteiger partial charge >= 0.3 is 0 Å². The number of methoxy groups -OCH3 is 1. The molecule has 110 valence electrons. The Kier molecular flexibility index (Phi) is 4.66. The SMILES string of the molecule is COc1cc(CNc2ccccc2CC(N)=O)ccc1O. The van der Waals surface area contributed by atoms with Crippen LogP contribution in [0.4, 0.5) is 5.69 Å². The summed E-state index contributed by atoms with van der Waals surface area (Å²) in [6.45, 7) is 0.548. The van der Waals surface area contributed by atoms with E-state index in [0.29, 0.717) is 12.3 Å². The monoisotopic (exact) mass is 286 g/mol. The van der Waals surface area contributed by atoms with Crippen LogP contribution >= 0.6 is 0 Å². The van der Waals surface area contributed by atoms with Gasteiger partial charge in [0.05, 0.1) is 13.5 Å². The summed E-state index contributed by atoms with van der Waals surface area (Å²) < 4.78 is 5.08. The molecular weight excluding hydrogens is 268 g/mol. The smallest absolute Gasteiger partial charge is 0.221 e. The second-order valence-corrected chi connectivity index (χ2v) is 4.66. The van der Waals surface area contributed by atoms with Crippen molar-refractivity contribution in [1.82, 2.24) is 0 Å². The van der Waals surface area contributed by atoms with Crippen LogP contribution in [0.3, 0.4) is 0 Å². The molecule has 0 atom stereocenters. The first-order valence-corrected chi connectivity index (χ1v) is 6.56. The molecule has 5 heteroatoms. The van der Waals surface area contributed by atoms with Crippen LogP contribution in [-0.4, -0.2) is 18.1 Å². The number of carbonyl (C=O) groups excluding carboxylic acids is 1. The third-order valence-electron chi connectivity index (χ3n) is 3.11. The normalized spacial score (nSPS) is 10.1. The van der Waals surface area contributed by atoms with Gasteiger partial charge in [-0.1, -0.05) is 24.3 Å². The average molecular weight is 286 g/mol. The highest BCUT2D eigenvalue weighted by Crippen LogP contribution is 2.26. The molecule has 0 radical (unpaired) electrons. The number of hydrogen-bond donors (Lipinski definition) is 3. The van der Waals surface area contributed by atoms with Crippen molar-refractivity contribution < 1.29 is 14.6 Å². The zero-order chi connectivity index (χ0) is 15.2.